The Bertz CT molecular complexity index is 439. The Morgan fingerprint density at radius 3 is 2.58 bits per heavy atom. The van der Waals surface area contributed by atoms with Crippen molar-refractivity contribution in [3.8, 4) is 0 Å². The summed E-state index contributed by atoms with van der Waals surface area (Å²) in [6.07, 6.45) is 2.85. The first-order valence-electron chi connectivity index (χ1n) is 7.07. The third-order valence-electron chi connectivity index (χ3n) is 4.12. The minimum Gasteiger partial charge on any atom is -0.388 e. The zero-order valence-corrected chi connectivity index (χ0v) is 12.7. The van der Waals surface area contributed by atoms with Gasteiger partial charge in [-0.2, -0.15) is 0 Å². The molecule has 0 bridgehead atoms. The van der Waals surface area contributed by atoms with Crippen molar-refractivity contribution >= 4 is 11.6 Å². The molecule has 1 aliphatic rings. The Morgan fingerprint density at radius 1 is 1.32 bits per heavy atom. The largest absolute Gasteiger partial charge is 0.388 e. The van der Waals surface area contributed by atoms with E-state index in [1.807, 2.05) is 26.0 Å². The van der Waals surface area contributed by atoms with Crippen LogP contribution >= 0.6 is 11.6 Å². The number of ether oxygens (including phenoxy) is 1. The Hall–Kier alpha value is -0.570. The van der Waals surface area contributed by atoms with E-state index in [-0.39, 0.29) is 0 Å². The van der Waals surface area contributed by atoms with E-state index < -0.39 is 6.10 Å². The van der Waals surface area contributed by atoms with Crippen LogP contribution < -0.4 is 0 Å². The van der Waals surface area contributed by atoms with Gasteiger partial charge in [0.2, 0.25) is 0 Å². The van der Waals surface area contributed by atoms with Crippen LogP contribution in [0.3, 0.4) is 0 Å². The van der Waals surface area contributed by atoms with Crippen LogP contribution in [0.25, 0.3) is 0 Å². The minimum atomic E-state index is -0.459. The molecule has 1 aliphatic carbocycles. The molecule has 1 N–H and O–H groups in total. The van der Waals surface area contributed by atoms with E-state index in [1.54, 1.807) is 0 Å². The summed E-state index contributed by atoms with van der Waals surface area (Å²) in [5.74, 6) is 0.559. The lowest BCUT2D eigenvalue weighted by Gasteiger charge is -2.36. The molecule has 106 valence electrons. The predicted molar refractivity (Wildman–Crippen MR) is 78.6 cm³/mol. The van der Waals surface area contributed by atoms with Crippen molar-refractivity contribution in [3.63, 3.8) is 0 Å². The van der Waals surface area contributed by atoms with Gasteiger partial charge in [-0.05, 0) is 68.7 Å². The van der Waals surface area contributed by atoms with Gasteiger partial charge in [-0.15, -0.1) is 0 Å². The SMILES string of the molecule is CCOC1CC(CC(O)c2cc(C)c(C)cc2Cl)C1. The summed E-state index contributed by atoms with van der Waals surface area (Å²) in [7, 11) is 0. The number of rotatable bonds is 5. The zero-order valence-electron chi connectivity index (χ0n) is 11.9. The normalized spacial score (nSPS) is 24.1. The Morgan fingerprint density at radius 2 is 1.95 bits per heavy atom. The summed E-state index contributed by atoms with van der Waals surface area (Å²) in [4.78, 5) is 0. The van der Waals surface area contributed by atoms with Crippen LogP contribution in [-0.2, 0) is 4.74 Å². The van der Waals surface area contributed by atoms with Crippen LogP contribution in [0, 0.1) is 19.8 Å². The van der Waals surface area contributed by atoms with Crippen molar-refractivity contribution in [2.45, 2.75) is 52.2 Å². The van der Waals surface area contributed by atoms with E-state index in [0.29, 0.717) is 17.0 Å². The second-order valence-corrected chi connectivity index (χ2v) is 6.03. The molecule has 1 atom stereocenters. The molecule has 3 heteroatoms. The van der Waals surface area contributed by atoms with Crippen molar-refractivity contribution in [2.24, 2.45) is 5.92 Å². The number of hydrogen-bond donors (Lipinski definition) is 1. The van der Waals surface area contributed by atoms with Crippen LogP contribution in [0.4, 0.5) is 0 Å². The van der Waals surface area contributed by atoms with Crippen LogP contribution in [-0.4, -0.2) is 17.8 Å². The van der Waals surface area contributed by atoms with E-state index >= 15 is 0 Å². The molecule has 19 heavy (non-hydrogen) atoms. The van der Waals surface area contributed by atoms with Crippen molar-refractivity contribution in [1.82, 2.24) is 0 Å². The Kier molecular flexibility index (Phi) is 4.88. The highest BCUT2D eigenvalue weighted by Gasteiger charge is 2.31. The molecule has 0 spiro atoms. The topological polar surface area (TPSA) is 29.5 Å². The number of halogens is 1. The fourth-order valence-electron chi connectivity index (χ4n) is 2.74. The first-order chi connectivity index (χ1) is 9.01. The van der Waals surface area contributed by atoms with E-state index in [9.17, 15) is 5.11 Å². The van der Waals surface area contributed by atoms with E-state index in [0.717, 1.165) is 31.4 Å². The van der Waals surface area contributed by atoms with Crippen LogP contribution in [0.2, 0.25) is 5.02 Å². The van der Waals surface area contributed by atoms with E-state index in [4.69, 9.17) is 16.3 Å². The fraction of sp³-hybridized carbons (Fsp3) is 0.625. The molecule has 1 unspecified atom stereocenters. The molecule has 0 aromatic heterocycles. The third-order valence-corrected chi connectivity index (χ3v) is 4.45. The van der Waals surface area contributed by atoms with Gasteiger partial charge in [-0.3, -0.25) is 0 Å². The average molecular weight is 283 g/mol. The molecule has 2 nitrogen and oxygen atoms in total. The third kappa shape index (κ3) is 3.50. The van der Waals surface area contributed by atoms with E-state index in [2.05, 4.69) is 6.92 Å². The van der Waals surface area contributed by atoms with Gasteiger partial charge in [-0.25, -0.2) is 0 Å². The van der Waals surface area contributed by atoms with Gasteiger partial charge >= 0.3 is 0 Å². The van der Waals surface area contributed by atoms with Crippen molar-refractivity contribution in [2.75, 3.05) is 6.61 Å². The maximum absolute atomic E-state index is 10.3. The highest BCUT2D eigenvalue weighted by atomic mass is 35.5. The van der Waals surface area contributed by atoms with Gasteiger partial charge in [0, 0.05) is 11.6 Å². The molecular weight excluding hydrogens is 260 g/mol. The first-order valence-corrected chi connectivity index (χ1v) is 7.45. The highest BCUT2D eigenvalue weighted by molar-refractivity contribution is 6.31. The molecule has 1 aromatic carbocycles. The highest BCUT2D eigenvalue weighted by Crippen LogP contribution is 2.38. The Balaban J connectivity index is 1.94. The summed E-state index contributed by atoms with van der Waals surface area (Å²) in [5, 5.41) is 11.0. The van der Waals surface area contributed by atoms with Crippen LogP contribution in [0.5, 0.6) is 0 Å². The lowest BCUT2D eigenvalue weighted by atomic mass is 9.77. The smallest absolute Gasteiger partial charge is 0.0807 e. The minimum absolute atomic E-state index is 0.400. The molecule has 1 saturated carbocycles. The van der Waals surface area contributed by atoms with Crippen LogP contribution in [0.15, 0.2) is 12.1 Å². The Labute approximate surface area is 120 Å². The van der Waals surface area contributed by atoms with Crippen molar-refractivity contribution in [3.05, 3.63) is 33.8 Å². The van der Waals surface area contributed by atoms with Crippen molar-refractivity contribution in [1.29, 1.82) is 0 Å². The lowest BCUT2D eigenvalue weighted by Crippen LogP contribution is -2.32. The molecule has 0 radical (unpaired) electrons. The summed E-state index contributed by atoms with van der Waals surface area (Å²) in [6, 6.07) is 3.96. The summed E-state index contributed by atoms with van der Waals surface area (Å²) < 4.78 is 5.55. The second kappa shape index (κ2) is 6.25. The second-order valence-electron chi connectivity index (χ2n) is 5.62. The standard InChI is InChI=1S/C16H23ClO2/c1-4-19-13-7-12(8-13)9-16(18)14-5-10(2)11(3)6-15(14)17/h5-6,12-13,16,18H,4,7-9H2,1-3H3. The van der Waals surface area contributed by atoms with Gasteiger partial charge in [-0.1, -0.05) is 17.7 Å². The predicted octanol–water partition coefficient (Wildman–Crippen LogP) is 4.20. The molecular formula is C16H23ClO2. The van der Waals surface area contributed by atoms with Gasteiger partial charge in [0.25, 0.3) is 0 Å². The van der Waals surface area contributed by atoms with Gasteiger partial charge in [0.15, 0.2) is 0 Å². The number of aliphatic hydroxyl groups excluding tert-OH is 1. The van der Waals surface area contributed by atoms with Gasteiger partial charge in [0.1, 0.15) is 0 Å². The maximum atomic E-state index is 10.3. The van der Waals surface area contributed by atoms with Crippen LogP contribution in [0.1, 0.15) is 49.0 Å². The van der Waals surface area contributed by atoms with Gasteiger partial charge in [0.05, 0.1) is 12.2 Å². The molecule has 1 fully saturated rings. The fourth-order valence-corrected chi connectivity index (χ4v) is 3.08. The summed E-state index contributed by atoms with van der Waals surface area (Å²) in [5.41, 5.74) is 3.21. The molecule has 0 heterocycles. The summed E-state index contributed by atoms with van der Waals surface area (Å²) >= 11 is 6.23. The first kappa shape index (κ1) is 14.8. The number of aryl methyl sites for hydroxylation is 2. The quantitative estimate of drug-likeness (QED) is 0.877. The zero-order chi connectivity index (χ0) is 14.0. The van der Waals surface area contributed by atoms with E-state index in [1.165, 1.54) is 11.1 Å². The molecule has 2 rings (SSSR count). The lowest BCUT2D eigenvalue weighted by molar-refractivity contribution is -0.0380. The molecule has 0 aliphatic heterocycles. The number of aliphatic hydroxyl groups is 1. The number of benzene rings is 1. The number of hydrogen-bond acceptors (Lipinski definition) is 2. The van der Waals surface area contributed by atoms with Crippen molar-refractivity contribution < 1.29 is 9.84 Å². The van der Waals surface area contributed by atoms with Gasteiger partial charge < -0.3 is 9.84 Å². The monoisotopic (exact) mass is 282 g/mol. The summed E-state index contributed by atoms with van der Waals surface area (Å²) in [6.45, 7) is 6.90. The maximum Gasteiger partial charge on any atom is 0.0807 e. The average Bonchev–Trinajstić information content (AvgIpc) is 2.31. The molecule has 0 amide bonds. The molecule has 1 aromatic rings. The molecule has 0 saturated heterocycles.